The van der Waals surface area contributed by atoms with Crippen molar-refractivity contribution in [3.8, 4) is 0 Å². The molecule has 1 rings (SSSR count). The lowest BCUT2D eigenvalue weighted by Crippen LogP contribution is -2.27. The first kappa shape index (κ1) is 14.6. The van der Waals surface area contributed by atoms with E-state index >= 15 is 0 Å². The van der Waals surface area contributed by atoms with E-state index < -0.39 is 0 Å². The van der Waals surface area contributed by atoms with Crippen LogP contribution in [0.5, 0.6) is 0 Å². The molecule has 17 heavy (non-hydrogen) atoms. The molecule has 0 radical (unpaired) electrons. The van der Waals surface area contributed by atoms with Crippen LogP contribution in [0.4, 0.5) is 0 Å². The van der Waals surface area contributed by atoms with Crippen molar-refractivity contribution >= 4 is 11.8 Å². The highest BCUT2D eigenvalue weighted by Gasteiger charge is 2.18. The van der Waals surface area contributed by atoms with Crippen LogP contribution in [0.15, 0.2) is 12.3 Å². The molecule has 0 amide bonds. The summed E-state index contributed by atoms with van der Waals surface area (Å²) in [5.74, 6) is 1.09. The van der Waals surface area contributed by atoms with Crippen LogP contribution in [0.3, 0.4) is 0 Å². The van der Waals surface area contributed by atoms with Crippen molar-refractivity contribution in [2.45, 2.75) is 44.9 Å². The van der Waals surface area contributed by atoms with E-state index in [-0.39, 0.29) is 0 Å². The van der Waals surface area contributed by atoms with Gasteiger partial charge in [-0.25, -0.2) is 0 Å². The molecule has 1 heterocycles. The maximum absolute atomic E-state index is 4.26. The van der Waals surface area contributed by atoms with Crippen molar-refractivity contribution in [3.63, 3.8) is 0 Å². The molecule has 3 nitrogen and oxygen atoms in total. The van der Waals surface area contributed by atoms with Crippen molar-refractivity contribution in [1.82, 2.24) is 15.1 Å². The lowest BCUT2D eigenvalue weighted by molar-refractivity contribution is 0.533. The molecule has 98 valence electrons. The normalized spacial score (nSPS) is 13.9. The summed E-state index contributed by atoms with van der Waals surface area (Å²) in [6, 6.07) is 2.50. The first-order valence-corrected chi connectivity index (χ1v) is 7.28. The minimum Gasteiger partial charge on any atom is -0.308 e. The minimum atomic E-state index is 0.310. The van der Waals surface area contributed by atoms with Crippen LogP contribution in [0.2, 0.25) is 0 Å². The molecule has 0 saturated heterocycles. The fourth-order valence-electron chi connectivity index (χ4n) is 1.63. The van der Waals surface area contributed by atoms with Gasteiger partial charge in [0.25, 0.3) is 0 Å². The van der Waals surface area contributed by atoms with Crippen molar-refractivity contribution in [2.24, 2.45) is 7.05 Å². The van der Waals surface area contributed by atoms with E-state index in [4.69, 9.17) is 0 Å². The van der Waals surface area contributed by atoms with Crippen LogP contribution in [0.25, 0.3) is 0 Å². The molecule has 0 spiro atoms. The van der Waals surface area contributed by atoms with Gasteiger partial charge in [-0.15, -0.1) is 0 Å². The quantitative estimate of drug-likeness (QED) is 0.847. The zero-order chi connectivity index (χ0) is 12.9. The average Bonchev–Trinajstić information content (AvgIpc) is 2.63. The third-order valence-corrected chi connectivity index (χ3v) is 3.91. The van der Waals surface area contributed by atoms with Gasteiger partial charge in [-0.1, -0.05) is 27.7 Å². The van der Waals surface area contributed by atoms with E-state index in [0.717, 1.165) is 18.7 Å². The van der Waals surface area contributed by atoms with Crippen LogP contribution >= 0.6 is 11.8 Å². The van der Waals surface area contributed by atoms with E-state index in [9.17, 15) is 0 Å². The second-order valence-corrected chi connectivity index (χ2v) is 7.16. The highest BCUT2D eigenvalue weighted by atomic mass is 32.2. The summed E-state index contributed by atoms with van der Waals surface area (Å²) in [6.45, 7) is 10.0. The van der Waals surface area contributed by atoms with Gasteiger partial charge in [-0.2, -0.15) is 16.9 Å². The monoisotopic (exact) mass is 255 g/mol. The summed E-state index contributed by atoms with van der Waals surface area (Å²) in [7, 11) is 2.01. The molecule has 1 N–H and O–H groups in total. The molecule has 0 aliphatic heterocycles. The van der Waals surface area contributed by atoms with Crippen molar-refractivity contribution in [1.29, 1.82) is 0 Å². The molecule has 0 aromatic carbocycles. The third-order valence-electron chi connectivity index (χ3n) is 2.54. The van der Waals surface area contributed by atoms with Gasteiger partial charge < -0.3 is 5.32 Å². The third kappa shape index (κ3) is 5.13. The molecule has 0 bridgehead atoms. The Hall–Kier alpha value is -0.480. The van der Waals surface area contributed by atoms with Gasteiger partial charge in [-0.05, 0) is 19.0 Å². The van der Waals surface area contributed by atoms with E-state index in [2.05, 4.69) is 44.2 Å². The molecular weight excluding hydrogens is 230 g/mol. The van der Waals surface area contributed by atoms with Crippen molar-refractivity contribution in [3.05, 3.63) is 18.0 Å². The van der Waals surface area contributed by atoms with Crippen LogP contribution < -0.4 is 5.32 Å². The Morgan fingerprint density at radius 2 is 2.18 bits per heavy atom. The molecule has 0 aliphatic carbocycles. The van der Waals surface area contributed by atoms with Gasteiger partial charge >= 0.3 is 0 Å². The lowest BCUT2D eigenvalue weighted by atomic mass is 10.2. The van der Waals surface area contributed by atoms with Gasteiger partial charge in [0.2, 0.25) is 0 Å². The smallest absolute Gasteiger partial charge is 0.0583 e. The fraction of sp³-hybridized carbons (Fsp3) is 0.769. The number of hydrogen-bond donors (Lipinski definition) is 1. The van der Waals surface area contributed by atoms with Crippen LogP contribution in [0, 0.1) is 0 Å². The average molecular weight is 255 g/mol. The fourth-order valence-corrected chi connectivity index (χ4v) is 2.58. The van der Waals surface area contributed by atoms with E-state index in [1.807, 2.05) is 29.7 Å². The summed E-state index contributed by atoms with van der Waals surface area (Å²) in [4.78, 5) is 0. The SMILES string of the molecule is CCCNC(CSC(C)(C)C)c1ccnn1C. The van der Waals surface area contributed by atoms with Crippen molar-refractivity contribution < 1.29 is 0 Å². The first-order chi connectivity index (χ1) is 7.94. The predicted molar refractivity (Wildman–Crippen MR) is 76.5 cm³/mol. The van der Waals surface area contributed by atoms with Crippen LogP contribution in [0.1, 0.15) is 45.9 Å². The summed E-state index contributed by atoms with van der Waals surface area (Å²) in [6.07, 6.45) is 3.03. The number of aryl methyl sites for hydroxylation is 1. The standard InChI is InChI=1S/C13H25N3S/c1-6-8-14-11(10-17-13(2,3)4)12-7-9-15-16(12)5/h7,9,11,14H,6,8,10H2,1-5H3. The molecule has 1 atom stereocenters. The van der Waals surface area contributed by atoms with Gasteiger partial charge in [0.1, 0.15) is 0 Å². The Balaban J connectivity index is 2.64. The highest BCUT2D eigenvalue weighted by Crippen LogP contribution is 2.28. The molecule has 0 saturated carbocycles. The molecule has 0 fully saturated rings. The second kappa shape index (κ2) is 6.45. The topological polar surface area (TPSA) is 29.9 Å². The van der Waals surface area contributed by atoms with Gasteiger partial charge in [0.15, 0.2) is 0 Å². The minimum absolute atomic E-state index is 0.310. The van der Waals surface area contributed by atoms with E-state index in [1.165, 1.54) is 5.69 Å². The predicted octanol–water partition coefficient (Wildman–Crippen LogP) is 2.99. The molecule has 1 unspecified atom stereocenters. The maximum Gasteiger partial charge on any atom is 0.0583 e. The maximum atomic E-state index is 4.26. The molecule has 0 aliphatic rings. The summed E-state index contributed by atoms with van der Waals surface area (Å²) in [5, 5.41) is 7.86. The Kier molecular flexibility index (Phi) is 5.53. The number of thioether (sulfide) groups is 1. The zero-order valence-electron chi connectivity index (χ0n) is 11.7. The number of rotatable bonds is 6. The number of aromatic nitrogens is 2. The zero-order valence-corrected chi connectivity index (χ0v) is 12.5. The molecule has 1 aromatic rings. The molecule has 4 heteroatoms. The van der Waals surface area contributed by atoms with Crippen LogP contribution in [-0.2, 0) is 7.05 Å². The number of nitrogens with zero attached hydrogens (tertiary/aromatic N) is 2. The molecular formula is C13H25N3S. The highest BCUT2D eigenvalue weighted by molar-refractivity contribution is 8.00. The van der Waals surface area contributed by atoms with Gasteiger partial charge in [0, 0.05) is 23.7 Å². The lowest BCUT2D eigenvalue weighted by Gasteiger charge is -2.24. The Morgan fingerprint density at radius 3 is 2.65 bits per heavy atom. The summed E-state index contributed by atoms with van der Waals surface area (Å²) >= 11 is 2.00. The summed E-state index contributed by atoms with van der Waals surface area (Å²) in [5.41, 5.74) is 1.27. The van der Waals surface area contributed by atoms with Crippen LogP contribution in [-0.4, -0.2) is 26.8 Å². The Bertz CT molecular complexity index is 328. The molecule has 1 aromatic heterocycles. The van der Waals surface area contributed by atoms with Crippen molar-refractivity contribution in [2.75, 3.05) is 12.3 Å². The van der Waals surface area contributed by atoms with E-state index in [0.29, 0.717) is 10.8 Å². The Morgan fingerprint density at radius 1 is 1.47 bits per heavy atom. The van der Waals surface area contributed by atoms with Gasteiger partial charge in [0.05, 0.1) is 11.7 Å². The summed E-state index contributed by atoms with van der Waals surface area (Å²) < 4.78 is 2.28. The second-order valence-electron chi connectivity index (χ2n) is 5.31. The Labute approximate surface area is 109 Å². The van der Waals surface area contributed by atoms with E-state index in [1.54, 1.807) is 0 Å². The first-order valence-electron chi connectivity index (χ1n) is 6.29. The number of nitrogens with one attached hydrogen (secondary N) is 1. The number of hydrogen-bond acceptors (Lipinski definition) is 3. The van der Waals surface area contributed by atoms with Gasteiger partial charge in [-0.3, -0.25) is 4.68 Å². The largest absolute Gasteiger partial charge is 0.308 e.